The highest BCUT2D eigenvalue weighted by atomic mass is 19.3. The van der Waals surface area contributed by atoms with Crippen LogP contribution in [0, 0.1) is 11.7 Å². The largest absolute Gasteiger partial charge is 0.363 e. The quantitative estimate of drug-likeness (QED) is 0.313. The number of piperidine rings is 2. The summed E-state index contributed by atoms with van der Waals surface area (Å²) < 4.78 is 85.1. The highest BCUT2D eigenvalue weighted by Gasteiger charge is 2.45. The molecule has 2 fully saturated rings. The number of anilines is 1. The Bertz CT molecular complexity index is 1740. The molecule has 1 aromatic carbocycles. The van der Waals surface area contributed by atoms with E-state index in [1.54, 1.807) is 17.9 Å². The molecule has 10 heteroatoms. The second-order valence-electron chi connectivity index (χ2n) is 13.4. The van der Waals surface area contributed by atoms with Gasteiger partial charge in [-0.1, -0.05) is 37.5 Å². The van der Waals surface area contributed by atoms with Crippen molar-refractivity contribution >= 4 is 16.9 Å². The highest BCUT2D eigenvalue weighted by Crippen LogP contribution is 2.44. The van der Waals surface area contributed by atoms with Crippen LogP contribution in [-0.4, -0.2) is 63.1 Å². The molecule has 2 saturated heterocycles. The van der Waals surface area contributed by atoms with Crippen molar-refractivity contribution in [3.63, 3.8) is 0 Å². The van der Waals surface area contributed by atoms with Crippen LogP contribution in [0.3, 0.4) is 0 Å². The minimum absolute atomic E-state index is 0.0158. The van der Waals surface area contributed by atoms with E-state index in [-0.39, 0.29) is 61.7 Å². The number of rotatable bonds is 2. The standard InChI is InChI=1S/C36H49F3N6O/c1-24(2)44-20-12-26(13-21-44)29-22-30-33-40-23-41-34(30)45(35(29)46)17-8-6-4-5-7-16-43-18-14-27(15-19-43)36(38,39)31-11-9-10-28(32(31)37)25(3)42-33/h9-11,22-27H,4-8,12-21H2,1-3H3,(H,40,41,42)/t25-/m1/s1/i16D2,17D2. The van der Waals surface area contributed by atoms with Crippen molar-refractivity contribution in [3.05, 3.63) is 63.5 Å². The Labute approximate surface area is 276 Å². The highest BCUT2D eigenvalue weighted by molar-refractivity contribution is 5.87. The topological polar surface area (TPSA) is 66.3 Å². The Hall–Kier alpha value is -2.98. The van der Waals surface area contributed by atoms with Crippen molar-refractivity contribution in [1.82, 2.24) is 24.3 Å². The van der Waals surface area contributed by atoms with Crippen LogP contribution in [0.15, 0.2) is 35.4 Å². The zero-order chi connectivity index (χ0) is 36.0. The summed E-state index contributed by atoms with van der Waals surface area (Å²) in [7, 11) is 0. The second kappa shape index (κ2) is 14.0. The molecule has 250 valence electrons. The molecule has 2 aromatic heterocycles. The molecular formula is C36H49F3N6O. The zero-order valence-electron chi connectivity index (χ0n) is 31.2. The lowest BCUT2D eigenvalue weighted by molar-refractivity contribution is -0.0880. The van der Waals surface area contributed by atoms with Gasteiger partial charge in [0, 0.05) is 35.1 Å². The monoisotopic (exact) mass is 642 g/mol. The van der Waals surface area contributed by atoms with Gasteiger partial charge in [0.15, 0.2) is 0 Å². The average Bonchev–Trinajstić information content (AvgIpc) is 3.07. The predicted octanol–water partition coefficient (Wildman–Crippen LogP) is 7.46. The number of benzene rings is 1. The fourth-order valence-corrected chi connectivity index (χ4v) is 7.32. The van der Waals surface area contributed by atoms with E-state index in [9.17, 15) is 7.54 Å². The average molecular weight is 643 g/mol. The van der Waals surface area contributed by atoms with Gasteiger partial charge in [0.2, 0.25) is 0 Å². The second-order valence-corrected chi connectivity index (χ2v) is 13.4. The van der Waals surface area contributed by atoms with Crippen molar-refractivity contribution in [2.24, 2.45) is 5.92 Å². The van der Waals surface area contributed by atoms with Crippen molar-refractivity contribution in [2.45, 2.75) is 109 Å². The van der Waals surface area contributed by atoms with Gasteiger partial charge in [-0.2, -0.15) is 0 Å². The number of nitrogens with zero attached hydrogens (tertiary/aromatic N) is 5. The van der Waals surface area contributed by atoms with Crippen LogP contribution in [0.5, 0.6) is 0 Å². The van der Waals surface area contributed by atoms with Crippen molar-refractivity contribution in [1.29, 1.82) is 0 Å². The van der Waals surface area contributed by atoms with Gasteiger partial charge in [0.05, 0.1) is 17.0 Å². The Morgan fingerprint density at radius 1 is 0.957 bits per heavy atom. The molecule has 0 radical (unpaired) electrons. The molecule has 0 aliphatic carbocycles. The summed E-state index contributed by atoms with van der Waals surface area (Å²) in [6, 6.07) is 5.30. The lowest BCUT2D eigenvalue weighted by atomic mass is 9.85. The smallest absolute Gasteiger partial charge is 0.278 e. The number of hydrogen-bond donors (Lipinski definition) is 1. The van der Waals surface area contributed by atoms with Crippen molar-refractivity contribution in [2.75, 3.05) is 38.0 Å². The Morgan fingerprint density at radius 3 is 2.37 bits per heavy atom. The van der Waals surface area contributed by atoms with E-state index < -0.39 is 47.8 Å². The first-order valence-electron chi connectivity index (χ1n) is 19.0. The summed E-state index contributed by atoms with van der Waals surface area (Å²) in [5, 5.41) is 3.59. The molecule has 4 aliphatic rings. The fourth-order valence-electron chi connectivity index (χ4n) is 7.32. The summed E-state index contributed by atoms with van der Waals surface area (Å²) in [6.45, 7) is 3.96. The van der Waals surface area contributed by atoms with Crippen LogP contribution >= 0.6 is 0 Å². The van der Waals surface area contributed by atoms with Crippen LogP contribution in [0.25, 0.3) is 11.0 Å². The minimum atomic E-state index is -3.46. The van der Waals surface area contributed by atoms with Crippen LogP contribution in [0.4, 0.5) is 19.0 Å². The predicted molar refractivity (Wildman–Crippen MR) is 177 cm³/mol. The summed E-state index contributed by atoms with van der Waals surface area (Å²) in [5.74, 6) is -5.46. The van der Waals surface area contributed by atoms with Gasteiger partial charge in [-0.3, -0.25) is 9.36 Å². The molecule has 3 aromatic rings. The van der Waals surface area contributed by atoms with Gasteiger partial charge in [-0.15, -0.1) is 0 Å². The number of nitrogens with one attached hydrogen (secondary N) is 1. The summed E-state index contributed by atoms with van der Waals surface area (Å²) in [6.07, 6.45) is 4.33. The first-order valence-corrected chi connectivity index (χ1v) is 17.0. The zero-order valence-corrected chi connectivity index (χ0v) is 27.2. The van der Waals surface area contributed by atoms with E-state index in [4.69, 9.17) is 2.74 Å². The third-order valence-corrected chi connectivity index (χ3v) is 10.2. The first-order chi connectivity index (χ1) is 23.6. The molecule has 7 nitrogen and oxygen atoms in total. The fraction of sp³-hybridized carbons (Fsp3) is 0.639. The van der Waals surface area contributed by atoms with Gasteiger partial charge < -0.3 is 15.1 Å². The number of halogens is 3. The molecule has 0 spiro atoms. The maximum Gasteiger partial charge on any atom is 0.278 e. The molecule has 0 amide bonds. The SMILES string of the molecule is [2H]C1([2H])CCCCCC([2H])([2H])n2c(=O)c(C3CCN(C(C)C)CC3)cc3c(ncnc32)N[C@H](C)c2cccc(c2F)C(F)(F)C2CCN1CC2. The van der Waals surface area contributed by atoms with E-state index in [1.807, 2.05) is 0 Å². The summed E-state index contributed by atoms with van der Waals surface area (Å²) in [4.78, 5) is 27.1. The number of hydrogen-bond acceptors (Lipinski definition) is 6. The third-order valence-electron chi connectivity index (χ3n) is 10.2. The summed E-state index contributed by atoms with van der Waals surface area (Å²) in [5.41, 5.74) is -0.527. The molecule has 0 saturated carbocycles. The first kappa shape index (κ1) is 28.1. The maximum atomic E-state index is 16.2. The number of likely N-dealkylation sites (tertiary alicyclic amines) is 1. The Morgan fingerprint density at radius 2 is 1.65 bits per heavy atom. The number of alkyl halides is 2. The van der Waals surface area contributed by atoms with Crippen molar-refractivity contribution < 1.29 is 18.7 Å². The van der Waals surface area contributed by atoms with E-state index >= 15 is 13.2 Å². The van der Waals surface area contributed by atoms with Crippen molar-refractivity contribution in [3.8, 4) is 0 Å². The third kappa shape index (κ3) is 6.70. The Kier molecular flexibility index (Phi) is 8.55. The molecule has 1 atom stereocenters. The Balaban J connectivity index is 1.45. The van der Waals surface area contributed by atoms with E-state index in [1.165, 1.54) is 18.5 Å². The van der Waals surface area contributed by atoms with Crippen LogP contribution in [-0.2, 0) is 12.4 Å². The molecule has 6 heterocycles. The number of aromatic nitrogens is 3. The van der Waals surface area contributed by atoms with Gasteiger partial charge in [-0.05, 0) is 104 Å². The maximum absolute atomic E-state index is 16.2. The lowest BCUT2D eigenvalue weighted by Crippen LogP contribution is -2.40. The van der Waals surface area contributed by atoms with E-state index in [0.717, 1.165) is 36.6 Å². The molecule has 1 N–H and O–H groups in total. The van der Waals surface area contributed by atoms with Gasteiger partial charge in [0.1, 0.15) is 23.6 Å². The van der Waals surface area contributed by atoms with Crippen LogP contribution in [0.1, 0.15) is 113 Å². The number of aryl methyl sites for hydroxylation is 1. The summed E-state index contributed by atoms with van der Waals surface area (Å²) >= 11 is 0. The van der Waals surface area contributed by atoms with Gasteiger partial charge in [0.25, 0.3) is 11.5 Å². The molecule has 8 bridgehead atoms. The number of pyridine rings is 1. The minimum Gasteiger partial charge on any atom is -0.363 e. The molecule has 0 unspecified atom stereocenters. The molecule has 46 heavy (non-hydrogen) atoms. The van der Waals surface area contributed by atoms with Crippen LogP contribution in [0.2, 0.25) is 0 Å². The van der Waals surface area contributed by atoms with Gasteiger partial charge in [-0.25, -0.2) is 23.1 Å². The molecular weight excluding hydrogens is 589 g/mol. The van der Waals surface area contributed by atoms with Crippen LogP contribution < -0.4 is 10.9 Å². The van der Waals surface area contributed by atoms with E-state index in [0.29, 0.717) is 36.3 Å². The normalized spacial score (nSPS) is 28.9. The molecule has 4 aliphatic heterocycles. The van der Waals surface area contributed by atoms with E-state index in [2.05, 4.69) is 34.0 Å². The van der Waals surface area contributed by atoms with Gasteiger partial charge >= 0.3 is 0 Å². The lowest BCUT2D eigenvalue weighted by Gasteiger charge is -2.36. The molecule has 7 rings (SSSR count). The number of fused-ring (bicyclic) bond motifs is 9.